The van der Waals surface area contributed by atoms with E-state index in [0.717, 1.165) is 17.0 Å². The first kappa shape index (κ1) is 15.1. The number of hydrogen-bond donors (Lipinski definition) is 1. The second-order valence-corrected chi connectivity index (χ2v) is 5.64. The predicted octanol–water partition coefficient (Wildman–Crippen LogP) is 3.81. The van der Waals surface area contributed by atoms with Crippen molar-refractivity contribution in [3.63, 3.8) is 0 Å². The van der Waals surface area contributed by atoms with Crippen molar-refractivity contribution in [3.8, 4) is 11.3 Å². The lowest BCUT2D eigenvalue weighted by Gasteiger charge is -2.22. The Kier molecular flexibility index (Phi) is 4.02. The summed E-state index contributed by atoms with van der Waals surface area (Å²) in [4.78, 5) is 14.2. The van der Waals surface area contributed by atoms with Gasteiger partial charge in [0.05, 0.1) is 18.0 Å². The van der Waals surface area contributed by atoms with Crippen molar-refractivity contribution in [3.05, 3.63) is 65.7 Å². The molecule has 3 rings (SSSR count). The maximum absolute atomic E-state index is 12.6. The number of carbonyl (C=O) groups is 1. The van der Waals surface area contributed by atoms with Gasteiger partial charge in [0.2, 0.25) is 0 Å². The minimum atomic E-state index is -0.149. The minimum Gasteiger partial charge on any atom is -0.467 e. The minimum absolute atomic E-state index is 0.125. The average molecular weight is 309 g/mol. The van der Waals surface area contributed by atoms with Gasteiger partial charge >= 0.3 is 0 Å². The number of nitrogens with one attached hydrogen (secondary N) is 1. The molecule has 3 aromatic rings. The molecule has 0 aliphatic heterocycles. The summed E-state index contributed by atoms with van der Waals surface area (Å²) in [5.74, 6) is 0.624. The number of amides is 1. The van der Waals surface area contributed by atoms with Crippen molar-refractivity contribution in [2.24, 2.45) is 0 Å². The van der Waals surface area contributed by atoms with Gasteiger partial charge in [0.1, 0.15) is 11.5 Å². The van der Waals surface area contributed by atoms with Crippen molar-refractivity contribution in [1.82, 2.24) is 15.1 Å². The summed E-state index contributed by atoms with van der Waals surface area (Å²) in [6, 6.07) is 13.3. The molecule has 118 valence electrons. The van der Waals surface area contributed by atoms with Crippen molar-refractivity contribution >= 4 is 5.91 Å². The number of carbonyl (C=O) groups excluding carboxylic acids is 1. The summed E-state index contributed by atoms with van der Waals surface area (Å²) in [5.41, 5.74) is 3.38. The van der Waals surface area contributed by atoms with E-state index in [1.165, 1.54) is 5.56 Å². The first-order chi connectivity index (χ1) is 11.1. The molecule has 1 unspecified atom stereocenters. The Morgan fingerprint density at radius 2 is 2.00 bits per heavy atom. The van der Waals surface area contributed by atoms with Crippen LogP contribution in [0.5, 0.6) is 0 Å². The maximum Gasteiger partial charge on any atom is 0.272 e. The van der Waals surface area contributed by atoms with Crippen molar-refractivity contribution in [1.29, 1.82) is 0 Å². The third kappa shape index (κ3) is 3.04. The van der Waals surface area contributed by atoms with Crippen molar-refractivity contribution in [2.75, 3.05) is 7.05 Å². The molecule has 5 heteroatoms. The summed E-state index contributed by atoms with van der Waals surface area (Å²) in [6.07, 6.45) is 1.61. The van der Waals surface area contributed by atoms with Crippen LogP contribution < -0.4 is 0 Å². The normalized spacial score (nSPS) is 12.1. The monoisotopic (exact) mass is 309 g/mol. The third-order valence-corrected chi connectivity index (χ3v) is 4.01. The molecule has 23 heavy (non-hydrogen) atoms. The maximum atomic E-state index is 12.6. The van der Waals surface area contributed by atoms with Crippen LogP contribution in [0.1, 0.15) is 34.8 Å². The Morgan fingerprint density at radius 1 is 1.26 bits per heavy atom. The molecule has 0 saturated heterocycles. The summed E-state index contributed by atoms with van der Waals surface area (Å²) in [6.45, 7) is 3.96. The number of nitrogens with zero attached hydrogens (tertiary/aromatic N) is 2. The molecule has 0 saturated carbocycles. The molecule has 0 fully saturated rings. The average Bonchev–Trinajstić information content (AvgIpc) is 3.25. The van der Waals surface area contributed by atoms with Crippen LogP contribution in [-0.2, 0) is 0 Å². The van der Waals surface area contributed by atoms with Crippen LogP contribution in [0.15, 0.2) is 53.1 Å². The van der Waals surface area contributed by atoms with E-state index in [0.29, 0.717) is 5.69 Å². The Bertz CT molecular complexity index is 788. The molecule has 1 amide bonds. The van der Waals surface area contributed by atoms with E-state index in [1.54, 1.807) is 24.3 Å². The molecule has 1 aromatic carbocycles. The van der Waals surface area contributed by atoms with Crippen LogP contribution in [0.25, 0.3) is 11.3 Å². The van der Waals surface area contributed by atoms with Gasteiger partial charge in [0.25, 0.3) is 5.91 Å². The number of aryl methyl sites for hydroxylation is 1. The summed E-state index contributed by atoms with van der Waals surface area (Å²) < 4.78 is 5.37. The molecule has 0 aliphatic rings. The van der Waals surface area contributed by atoms with Gasteiger partial charge < -0.3 is 9.32 Å². The van der Waals surface area contributed by atoms with Crippen molar-refractivity contribution < 1.29 is 9.21 Å². The van der Waals surface area contributed by atoms with Gasteiger partial charge in [-0.2, -0.15) is 5.10 Å². The van der Waals surface area contributed by atoms with E-state index in [2.05, 4.69) is 10.2 Å². The summed E-state index contributed by atoms with van der Waals surface area (Å²) >= 11 is 0. The fourth-order valence-electron chi connectivity index (χ4n) is 2.39. The molecule has 2 aromatic heterocycles. The second-order valence-electron chi connectivity index (χ2n) is 5.64. The number of furan rings is 1. The lowest BCUT2D eigenvalue weighted by atomic mass is 10.1. The number of H-pyrrole nitrogens is 1. The van der Waals surface area contributed by atoms with E-state index >= 15 is 0 Å². The van der Waals surface area contributed by atoms with Gasteiger partial charge in [-0.3, -0.25) is 9.89 Å². The summed E-state index contributed by atoms with van der Waals surface area (Å²) in [5, 5.41) is 7.07. The second kappa shape index (κ2) is 6.12. The highest BCUT2D eigenvalue weighted by atomic mass is 16.3. The van der Waals surface area contributed by atoms with E-state index < -0.39 is 0 Å². The standard InChI is InChI=1S/C18H19N3O2/c1-12-6-8-14(9-7-12)15-11-16(20-19-15)18(22)21(3)13(2)17-5-4-10-23-17/h4-11,13H,1-3H3,(H,19,20). The number of benzene rings is 1. The van der Waals surface area contributed by atoms with Crippen LogP contribution >= 0.6 is 0 Å². The Labute approximate surface area is 134 Å². The lowest BCUT2D eigenvalue weighted by Crippen LogP contribution is -2.29. The molecule has 1 atom stereocenters. The molecule has 1 N–H and O–H groups in total. The van der Waals surface area contributed by atoms with E-state index in [1.807, 2.05) is 50.2 Å². The van der Waals surface area contributed by atoms with Gasteiger partial charge in [-0.1, -0.05) is 29.8 Å². The molecule has 2 heterocycles. The van der Waals surface area contributed by atoms with Crippen LogP contribution in [0.2, 0.25) is 0 Å². The van der Waals surface area contributed by atoms with Gasteiger partial charge in [-0.15, -0.1) is 0 Å². The van der Waals surface area contributed by atoms with Crippen LogP contribution in [0, 0.1) is 6.92 Å². The molecule has 0 spiro atoms. The highest BCUT2D eigenvalue weighted by molar-refractivity contribution is 5.93. The number of aromatic nitrogens is 2. The molecule has 0 radical (unpaired) electrons. The van der Waals surface area contributed by atoms with Gasteiger partial charge in [0.15, 0.2) is 0 Å². The smallest absolute Gasteiger partial charge is 0.272 e. The van der Waals surface area contributed by atoms with Gasteiger partial charge in [-0.25, -0.2) is 0 Å². The molecule has 0 bridgehead atoms. The first-order valence-electron chi connectivity index (χ1n) is 7.49. The quantitative estimate of drug-likeness (QED) is 0.797. The number of rotatable bonds is 4. The Morgan fingerprint density at radius 3 is 2.65 bits per heavy atom. The predicted molar refractivity (Wildman–Crippen MR) is 88.0 cm³/mol. The van der Waals surface area contributed by atoms with Crippen molar-refractivity contribution in [2.45, 2.75) is 19.9 Å². The fraction of sp³-hybridized carbons (Fsp3) is 0.222. The largest absolute Gasteiger partial charge is 0.467 e. The van der Waals surface area contributed by atoms with Crippen LogP contribution in [0.3, 0.4) is 0 Å². The van der Waals surface area contributed by atoms with Crippen LogP contribution in [0.4, 0.5) is 0 Å². The highest BCUT2D eigenvalue weighted by Gasteiger charge is 2.22. The molecular formula is C18H19N3O2. The molecular weight excluding hydrogens is 290 g/mol. The van der Waals surface area contributed by atoms with E-state index in [9.17, 15) is 4.79 Å². The number of aromatic amines is 1. The topological polar surface area (TPSA) is 62.1 Å². The molecule has 0 aliphatic carbocycles. The third-order valence-electron chi connectivity index (χ3n) is 4.01. The van der Waals surface area contributed by atoms with Gasteiger partial charge in [-0.05, 0) is 32.0 Å². The Hall–Kier alpha value is -2.82. The van der Waals surface area contributed by atoms with E-state index in [-0.39, 0.29) is 11.9 Å². The molecule has 5 nitrogen and oxygen atoms in total. The summed E-state index contributed by atoms with van der Waals surface area (Å²) in [7, 11) is 1.75. The highest BCUT2D eigenvalue weighted by Crippen LogP contribution is 2.23. The SMILES string of the molecule is Cc1ccc(-c2cc(C(=O)N(C)C(C)c3ccco3)[nH]n2)cc1. The first-order valence-corrected chi connectivity index (χ1v) is 7.49. The van der Waals surface area contributed by atoms with E-state index in [4.69, 9.17) is 4.42 Å². The zero-order valence-electron chi connectivity index (χ0n) is 13.4. The van der Waals surface area contributed by atoms with Crippen LogP contribution in [-0.4, -0.2) is 28.1 Å². The number of hydrogen-bond acceptors (Lipinski definition) is 3. The fourth-order valence-corrected chi connectivity index (χ4v) is 2.39. The Balaban J connectivity index is 1.79. The van der Waals surface area contributed by atoms with Gasteiger partial charge in [0, 0.05) is 12.6 Å². The lowest BCUT2D eigenvalue weighted by molar-refractivity contribution is 0.0720. The zero-order chi connectivity index (χ0) is 16.4. The zero-order valence-corrected chi connectivity index (χ0v) is 13.4.